The van der Waals surface area contributed by atoms with Gasteiger partial charge in [-0.2, -0.15) is 0 Å². The highest BCUT2D eigenvalue weighted by molar-refractivity contribution is 8.00. The maximum atomic E-state index is 12.0. The van der Waals surface area contributed by atoms with E-state index in [1.165, 1.54) is 17.3 Å². The maximum absolute atomic E-state index is 12.0. The predicted molar refractivity (Wildman–Crippen MR) is 119 cm³/mol. The van der Waals surface area contributed by atoms with E-state index in [1.54, 1.807) is 7.05 Å². The van der Waals surface area contributed by atoms with Crippen molar-refractivity contribution in [3.05, 3.63) is 65.7 Å². The van der Waals surface area contributed by atoms with Crippen LogP contribution in [0.1, 0.15) is 38.8 Å². The highest BCUT2D eigenvalue weighted by Gasteiger charge is 2.21. The topological polar surface area (TPSA) is 59.8 Å². The predicted octanol–water partition coefficient (Wildman–Crippen LogP) is 4.52. The van der Waals surface area contributed by atoms with Gasteiger partial charge in [-0.25, -0.2) is 0 Å². The number of amides is 1. The first-order valence-corrected chi connectivity index (χ1v) is 10.6. The molecule has 1 amide bonds. The first-order chi connectivity index (χ1) is 13.8. The summed E-state index contributed by atoms with van der Waals surface area (Å²) in [5, 5.41) is 12.1. The van der Waals surface area contributed by atoms with E-state index in [9.17, 15) is 4.79 Å². The van der Waals surface area contributed by atoms with Crippen LogP contribution < -0.4 is 5.32 Å². The van der Waals surface area contributed by atoms with Gasteiger partial charge in [-0.15, -0.1) is 10.2 Å². The molecule has 3 rings (SSSR count). The average Bonchev–Trinajstić information content (AvgIpc) is 3.09. The van der Waals surface area contributed by atoms with Crippen LogP contribution in [0.3, 0.4) is 0 Å². The van der Waals surface area contributed by atoms with Crippen molar-refractivity contribution in [3.63, 3.8) is 0 Å². The zero-order valence-corrected chi connectivity index (χ0v) is 18.5. The molecule has 0 aliphatic heterocycles. The zero-order valence-electron chi connectivity index (χ0n) is 17.6. The highest BCUT2D eigenvalue weighted by Crippen LogP contribution is 2.29. The van der Waals surface area contributed by atoms with E-state index >= 15 is 0 Å². The smallest absolute Gasteiger partial charge is 0.233 e. The molecule has 1 aromatic heterocycles. The quantitative estimate of drug-likeness (QED) is 0.609. The van der Waals surface area contributed by atoms with Gasteiger partial charge >= 0.3 is 0 Å². The lowest BCUT2D eigenvalue weighted by Crippen LogP contribution is -2.27. The van der Waals surface area contributed by atoms with Gasteiger partial charge in [-0.1, -0.05) is 87.1 Å². The van der Waals surface area contributed by atoms with Gasteiger partial charge in [0.1, 0.15) is 0 Å². The van der Waals surface area contributed by atoms with E-state index < -0.39 is 0 Å². The number of hydrogen-bond donors (Lipinski definition) is 1. The van der Waals surface area contributed by atoms with Crippen molar-refractivity contribution in [2.75, 3.05) is 7.05 Å². The highest BCUT2D eigenvalue weighted by atomic mass is 32.2. The standard InChI is InChI=1S/C23H28N4OS/c1-16(21(28)24-5)29-22-26-25-20(27(22)15-17-9-7-6-8-10-17)18-11-13-19(14-12-18)23(2,3)4/h6-14,16H,15H2,1-5H3,(H,24,28). The van der Waals surface area contributed by atoms with E-state index in [2.05, 4.69) is 77.3 Å². The van der Waals surface area contributed by atoms with Crippen LogP contribution in [0.25, 0.3) is 11.4 Å². The van der Waals surface area contributed by atoms with Gasteiger partial charge in [0, 0.05) is 12.6 Å². The molecule has 0 aliphatic rings. The van der Waals surface area contributed by atoms with Gasteiger partial charge < -0.3 is 5.32 Å². The molecule has 1 heterocycles. The second kappa shape index (κ2) is 8.82. The number of benzene rings is 2. The number of rotatable bonds is 6. The van der Waals surface area contributed by atoms with E-state index in [0.717, 1.165) is 22.1 Å². The number of carbonyl (C=O) groups is 1. The summed E-state index contributed by atoms with van der Waals surface area (Å²) in [7, 11) is 1.65. The van der Waals surface area contributed by atoms with Crippen LogP contribution in [-0.2, 0) is 16.8 Å². The molecule has 0 spiro atoms. The fourth-order valence-corrected chi connectivity index (χ4v) is 3.94. The lowest BCUT2D eigenvalue weighted by atomic mass is 9.87. The molecule has 1 atom stereocenters. The molecule has 3 aromatic rings. The summed E-state index contributed by atoms with van der Waals surface area (Å²) in [5.41, 5.74) is 3.55. The second-order valence-corrected chi connectivity index (χ2v) is 9.39. The molecule has 0 fully saturated rings. The molecule has 6 heteroatoms. The monoisotopic (exact) mass is 408 g/mol. The van der Waals surface area contributed by atoms with E-state index in [1.807, 2.05) is 25.1 Å². The summed E-state index contributed by atoms with van der Waals surface area (Å²) in [6.07, 6.45) is 0. The van der Waals surface area contributed by atoms with Crippen LogP contribution in [0.2, 0.25) is 0 Å². The largest absolute Gasteiger partial charge is 0.358 e. The van der Waals surface area contributed by atoms with Crippen molar-refractivity contribution < 1.29 is 4.79 Å². The van der Waals surface area contributed by atoms with Crippen molar-refractivity contribution in [2.24, 2.45) is 0 Å². The fourth-order valence-electron chi connectivity index (χ4n) is 3.03. The normalized spacial score (nSPS) is 12.6. The van der Waals surface area contributed by atoms with E-state index in [-0.39, 0.29) is 16.6 Å². The summed E-state index contributed by atoms with van der Waals surface area (Å²) in [4.78, 5) is 12.0. The summed E-state index contributed by atoms with van der Waals surface area (Å²) in [5.74, 6) is 0.779. The number of nitrogens with zero attached hydrogens (tertiary/aromatic N) is 3. The molecule has 1 unspecified atom stereocenters. The minimum absolute atomic E-state index is 0.0275. The van der Waals surface area contributed by atoms with Crippen molar-refractivity contribution in [1.82, 2.24) is 20.1 Å². The van der Waals surface area contributed by atoms with Crippen molar-refractivity contribution in [2.45, 2.75) is 50.1 Å². The summed E-state index contributed by atoms with van der Waals surface area (Å²) in [6.45, 7) is 9.13. The van der Waals surface area contributed by atoms with Crippen LogP contribution in [0.15, 0.2) is 59.8 Å². The minimum Gasteiger partial charge on any atom is -0.358 e. The van der Waals surface area contributed by atoms with E-state index in [0.29, 0.717) is 6.54 Å². The molecule has 0 radical (unpaired) electrons. The van der Waals surface area contributed by atoms with Gasteiger partial charge in [0.25, 0.3) is 0 Å². The first kappa shape index (κ1) is 21.1. The Morgan fingerprint density at radius 3 is 2.31 bits per heavy atom. The Labute approximate surface area is 176 Å². The molecular formula is C23H28N4OS. The lowest BCUT2D eigenvalue weighted by Gasteiger charge is -2.19. The lowest BCUT2D eigenvalue weighted by molar-refractivity contribution is -0.119. The number of hydrogen-bond acceptors (Lipinski definition) is 4. The Balaban J connectivity index is 1.99. The Morgan fingerprint density at radius 2 is 1.72 bits per heavy atom. The van der Waals surface area contributed by atoms with Crippen molar-refractivity contribution in [3.8, 4) is 11.4 Å². The van der Waals surface area contributed by atoms with Crippen LogP contribution in [0, 0.1) is 0 Å². The Bertz CT molecular complexity index is 959. The van der Waals surface area contributed by atoms with Crippen LogP contribution in [-0.4, -0.2) is 33.0 Å². The first-order valence-electron chi connectivity index (χ1n) is 9.76. The van der Waals surface area contributed by atoms with Gasteiger partial charge in [0.05, 0.1) is 11.8 Å². The van der Waals surface area contributed by atoms with E-state index in [4.69, 9.17) is 0 Å². The Morgan fingerprint density at radius 1 is 1.07 bits per heavy atom. The number of thioether (sulfide) groups is 1. The number of nitrogens with one attached hydrogen (secondary N) is 1. The third-order valence-corrected chi connectivity index (χ3v) is 5.89. The summed E-state index contributed by atoms with van der Waals surface area (Å²) < 4.78 is 2.09. The molecule has 152 valence electrons. The van der Waals surface area contributed by atoms with Crippen LogP contribution in [0.5, 0.6) is 0 Å². The Hall–Kier alpha value is -2.60. The van der Waals surface area contributed by atoms with Gasteiger partial charge in [-0.3, -0.25) is 9.36 Å². The van der Waals surface area contributed by atoms with Gasteiger partial charge in [-0.05, 0) is 23.5 Å². The third-order valence-electron chi connectivity index (χ3n) is 4.81. The van der Waals surface area contributed by atoms with Crippen molar-refractivity contribution >= 4 is 17.7 Å². The van der Waals surface area contributed by atoms with Gasteiger partial charge in [0.15, 0.2) is 11.0 Å². The fraction of sp³-hybridized carbons (Fsp3) is 0.348. The summed E-state index contributed by atoms with van der Waals surface area (Å²) >= 11 is 1.42. The number of carbonyl (C=O) groups excluding carboxylic acids is 1. The molecule has 5 nitrogen and oxygen atoms in total. The van der Waals surface area contributed by atoms with Crippen LogP contribution >= 0.6 is 11.8 Å². The Kier molecular flexibility index (Phi) is 6.42. The molecule has 0 aliphatic carbocycles. The second-order valence-electron chi connectivity index (χ2n) is 8.08. The molecular weight excluding hydrogens is 380 g/mol. The minimum atomic E-state index is -0.255. The molecule has 2 aromatic carbocycles. The molecule has 29 heavy (non-hydrogen) atoms. The molecule has 1 N–H and O–H groups in total. The van der Waals surface area contributed by atoms with Crippen molar-refractivity contribution in [1.29, 1.82) is 0 Å². The van der Waals surface area contributed by atoms with Crippen LogP contribution in [0.4, 0.5) is 0 Å². The zero-order chi connectivity index (χ0) is 21.0. The number of aromatic nitrogens is 3. The molecule has 0 saturated heterocycles. The molecule has 0 bridgehead atoms. The SMILES string of the molecule is CNC(=O)C(C)Sc1nnc(-c2ccc(C(C)(C)C)cc2)n1Cc1ccccc1. The summed E-state index contributed by atoms with van der Waals surface area (Å²) in [6, 6.07) is 18.7. The molecule has 0 saturated carbocycles. The van der Waals surface area contributed by atoms with Gasteiger partial charge in [0.2, 0.25) is 5.91 Å². The maximum Gasteiger partial charge on any atom is 0.233 e. The average molecular weight is 409 g/mol. The third kappa shape index (κ3) is 5.07.